The molecule has 0 atom stereocenters. The first-order chi connectivity index (χ1) is 9.77. The van der Waals surface area contributed by atoms with Gasteiger partial charge in [0.05, 0.1) is 18.5 Å². The van der Waals surface area contributed by atoms with Crippen molar-refractivity contribution in [2.24, 2.45) is 5.41 Å². The first-order valence-corrected chi connectivity index (χ1v) is 6.78. The van der Waals surface area contributed by atoms with E-state index < -0.39 is 23.2 Å². The van der Waals surface area contributed by atoms with Crippen molar-refractivity contribution < 1.29 is 24.3 Å². The topological polar surface area (TPSA) is 125 Å². The quantitative estimate of drug-likeness (QED) is 0.446. The molecule has 3 amide bonds. The van der Waals surface area contributed by atoms with Crippen LogP contribution in [0.3, 0.4) is 0 Å². The average Bonchev–Trinajstić information content (AvgIpc) is 2.44. The molecule has 120 valence electrons. The summed E-state index contributed by atoms with van der Waals surface area (Å²) in [6.07, 6.45) is 0.794. The van der Waals surface area contributed by atoms with Gasteiger partial charge >= 0.3 is 5.97 Å². The minimum atomic E-state index is -0.990. The van der Waals surface area contributed by atoms with Gasteiger partial charge in [-0.25, -0.2) is 0 Å². The number of hydrogen-bond donors (Lipinski definition) is 4. The molecule has 0 aromatic carbocycles. The number of rotatable bonds is 9. The van der Waals surface area contributed by atoms with Crippen LogP contribution < -0.4 is 16.0 Å². The van der Waals surface area contributed by atoms with Crippen LogP contribution in [0.25, 0.3) is 0 Å². The van der Waals surface area contributed by atoms with Crippen LogP contribution in [-0.2, 0) is 19.2 Å². The molecule has 0 aliphatic heterocycles. The van der Waals surface area contributed by atoms with Crippen molar-refractivity contribution in [1.82, 2.24) is 16.0 Å². The molecule has 0 rings (SSSR count). The third kappa shape index (κ3) is 6.73. The minimum absolute atomic E-state index is 0.00966. The SMILES string of the molecule is CCC(CC)(CNC(=O)CNC(=O)CNC(C)=O)C(=O)O. The molecule has 4 N–H and O–H groups in total. The van der Waals surface area contributed by atoms with Crippen LogP contribution in [0.5, 0.6) is 0 Å². The molecule has 8 nitrogen and oxygen atoms in total. The fraction of sp³-hybridized carbons (Fsp3) is 0.692. The Labute approximate surface area is 123 Å². The second kappa shape index (κ2) is 8.93. The van der Waals surface area contributed by atoms with Crippen LogP contribution in [-0.4, -0.2) is 48.4 Å². The fourth-order valence-electron chi connectivity index (χ4n) is 1.65. The molecule has 0 aliphatic carbocycles. The Bertz CT molecular complexity index is 405. The summed E-state index contributed by atoms with van der Waals surface area (Å²) in [5, 5.41) is 16.3. The Balaban J connectivity index is 4.18. The predicted molar refractivity (Wildman–Crippen MR) is 75.4 cm³/mol. The Morgan fingerprint density at radius 2 is 1.38 bits per heavy atom. The predicted octanol–water partition coefficient (Wildman–Crippen LogP) is -0.754. The zero-order valence-electron chi connectivity index (χ0n) is 12.6. The first-order valence-electron chi connectivity index (χ1n) is 6.78. The van der Waals surface area contributed by atoms with Crippen molar-refractivity contribution >= 4 is 23.7 Å². The summed E-state index contributed by atoms with van der Waals surface area (Å²) in [5.74, 6) is -2.26. The Hall–Kier alpha value is -2.12. The van der Waals surface area contributed by atoms with E-state index in [4.69, 9.17) is 0 Å². The third-order valence-corrected chi connectivity index (χ3v) is 3.38. The zero-order chi connectivity index (χ0) is 16.5. The van der Waals surface area contributed by atoms with Gasteiger partial charge in [-0.3, -0.25) is 19.2 Å². The average molecular weight is 301 g/mol. The molecule has 0 heterocycles. The van der Waals surface area contributed by atoms with Crippen molar-refractivity contribution in [1.29, 1.82) is 0 Å². The lowest BCUT2D eigenvalue weighted by Crippen LogP contribution is -2.46. The molecule has 0 unspecified atom stereocenters. The molecule has 0 aliphatic rings. The Morgan fingerprint density at radius 1 is 0.905 bits per heavy atom. The van der Waals surface area contributed by atoms with E-state index >= 15 is 0 Å². The van der Waals surface area contributed by atoms with Gasteiger partial charge in [-0.2, -0.15) is 0 Å². The third-order valence-electron chi connectivity index (χ3n) is 3.38. The monoisotopic (exact) mass is 301 g/mol. The van der Waals surface area contributed by atoms with E-state index in [1.807, 2.05) is 0 Å². The van der Waals surface area contributed by atoms with E-state index in [0.29, 0.717) is 12.8 Å². The zero-order valence-corrected chi connectivity index (χ0v) is 12.6. The maximum absolute atomic E-state index is 11.6. The van der Waals surface area contributed by atoms with E-state index in [1.54, 1.807) is 13.8 Å². The van der Waals surface area contributed by atoms with E-state index in [-0.39, 0.29) is 25.5 Å². The van der Waals surface area contributed by atoms with Gasteiger partial charge < -0.3 is 21.1 Å². The van der Waals surface area contributed by atoms with Gasteiger partial charge in [0.2, 0.25) is 17.7 Å². The van der Waals surface area contributed by atoms with Gasteiger partial charge in [-0.15, -0.1) is 0 Å². The van der Waals surface area contributed by atoms with Crippen molar-refractivity contribution in [3.63, 3.8) is 0 Å². The second-order valence-electron chi connectivity index (χ2n) is 4.76. The molecular formula is C13H23N3O5. The lowest BCUT2D eigenvalue weighted by Gasteiger charge is -2.26. The molecular weight excluding hydrogens is 278 g/mol. The molecule has 0 spiro atoms. The van der Waals surface area contributed by atoms with Gasteiger partial charge in [0.25, 0.3) is 0 Å². The number of hydrogen-bond acceptors (Lipinski definition) is 4. The van der Waals surface area contributed by atoms with Crippen molar-refractivity contribution in [2.75, 3.05) is 19.6 Å². The molecule has 0 bridgehead atoms. The van der Waals surface area contributed by atoms with Crippen LogP contribution >= 0.6 is 0 Å². The van der Waals surface area contributed by atoms with Gasteiger partial charge in [0, 0.05) is 13.5 Å². The maximum Gasteiger partial charge on any atom is 0.311 e. The standard InChI is InChI=1S/C13H23N3O5/c1-4-13(5-2,12(20)21)8-16-11(19)7-15-10(18)6-14-9(3)17/h4-8H2,1-3H3,(H,14,17)(H,15,18)(H,16,19)(H,20,21). The number of amides is 3. The highest BCUT2D eigenvalue weighted by atomic mass is 16.4. The number of nitrogens with one attached hydrogen (secondary N) is 3. The second-order valence-corrected chi connectivity index (χ2v) is 4.76. The number of aliphatic carboxylic acids is 1. The highest BCUT2D eigenvalue weighted by molar-refractivity contribution is 5.88. The summed E-state index contributed by atoms with van der Waals surface area (Å²) in [6, 6.07) is 0. The van der Waals surface area contributed by atoms with Crippen LogP contribution in [0, 0.1) is 5.41 Å². The lowest BCUT2D eigenvalue weighted by molar-refractivity contribution is -0.149. The number of carboxylic acids is 1. The summed E-state index contributed by atoms with van der Waals surface area (Å²) in [5.41, 5.74) is -0.990. The molecule has 8 heteroatoms. The molecule has 0 saturated carbocycles. The highest BCUT2D eigenvalue weighted by Gasteiger charge is 2.35. The van der Waals surface area contributed by atoms with Crippen LogP contribution in [0.2, 0.25) is 0 Å². The molecule has 0 fully saturated rings. The number of carboxylic acid groups (broad SMARTS) is 1. The maximum atomic E-state index is 11.6. The largest absolute Gasteiger partial charge is 0.481 e. The summed E-state index contributed by atoms with van der Waals surface area (Å²) >= 11 is 0. The van der Waals surface area contributed by atoms with Gasteiger partial charge in [0.1, 0.15) is 0 Å². The van der Waals surface area contributed by atoms with E-state index in [1.165, 1.54) is 6.92 Å². The van der Waals surface area contributed by atoms with E-state index in [9.17, 15) is 24.3 Å². The fourth-order valence-corrected chi connectivity index (χ4v) is 1.65. The van der Waals surface area contributed by atoms with Crippen molar-refractivity contribution in [3.05, 3.63) is 0 Å². The first kappa shape index (κ1) is 18.9. The molecule has 0 radical (unpaired) electrons. The van der Waals surface area contributed by atoms with Crippen LogP contribution in [0.1, 0.15) is 33.6 Å². The summed E-state index contributed by atoms with van der Waals surface area (Å²) in [7, 11) is 0. The van der Waals surface area contributed by atoms with Gasteiger partial charge in [-0.1, -0.05) is 13.8 Å². The highest BCUT2D eigenvalue weighted by Crippen LogP contribution is 2.25. The normalized spacial score (nSPS) is 10.6. The van der Waals surface area contributed by atoms with Gasteiger partial charge in [0.15, 0.2) is 0 Å². The van der Waals surface area contributed by atoms with E-state index in [2.05, 4.69) is 16.0 Å². The van der Waals surface area contributed by atoms with Crippen LogP contribution in [0.15, 0.2) is 0 Å². The Kier molecular flexibility index (Phi) is 8.03. The molecule has 21 heavy (non-hydrogen) atoms. The summed E-state index contributed by atoms with van der Waals surface area (Å²) < 4.78 is 0. The van der Waals surface area contributed by atoms with Gasteiger partial charge in [-0.05, 0) is 12.8 Å². The van der Waals surface area contributed by atoms with Crippen molar-refractivity contribution in [2.45, 2.75) is 33.6 Å². The number of carbonyl (C=O) groups is 4. The summed E-state index contributed by atoms with van der Waals surface area (Å²) in [6.45, 7) is 4.32. The minimum Gasteiger partial charge on any atom is -0.481 e. The number of carbonyl (C=O) groups excluding carboxylic acids is 3. The summed E-state index contributed by atoms with van der Waals surface area (Å²) in [4.78, 5) is 44.7. The smallest absolute Gasteiger partial charge is 0.311 e. The molecule has 0 aromatic heterocycles. The van der Waals surface area contributed by atoms with E-state index in [0.717, 1.165) is 0 Å². The molecule has 0 aromatic rings. The van der Waals surface area contributed by atoms with Crippen LogP contribution in [0.4, 0.5) is 0 Å². The molecule has 0 saturated heterocycles. The van der Waals surface area contributed by atoms with Crippen molar-refractivity contribution in [3.8, 4) is 0 Å². The lowest BCUT2D eigenvalue weighted by atomic mass is 9.82. The Morgan fingerprint density at radius 3 is 1.81 bits per heavy atom.